The molecule has 0 amide bonds. The standard InChI is InChI=1S/C18H16O2/c1-10-4-5-13-14(7-10)16(9-17(19)20)18-12(3)6-11(2)8-15(13)18/h4-9H,1-3H3,(H,19,20)/b16-9-. The molecule has 0 saturated carbocycles. The van der Waals surface area contributed by atoms with Crippen LogP contribution in [0.15, 0.2) is 36.4 Å². The molecule has 0 spiro atoms. The summed E-state index contributed by atoms with van der Waals surface area (Å²) < 4.78 is 0. The molecular formula is C18H16O2. The summed E-state index contributed by atoms with van der Waals surface area (Å²) in [7, 11) is 0. The van der Waals surface area contributed by atoms with E-state index < -0.39 is 5.97 Å². The number of carboxylic acids is 1. The minimum atomic E-state index is -0.903. The minimum Gasteiger partial charge on any atom is -0.478 e. The van der Waals surface area contributed by atoms with Crippen molar-refractivity contribution in [1.29, 1.82) is 0 Å². The van der Waals surface area contributed by atoms with Crippen LogP contribution in [0.3, 0.4) is 0 Å². The molecule has 0 aromatic heterocycles. The number of carboxylic acid groups (broad SMARTS) is 1. The second-order valence-corrected chi connectivity index (χ2v) is 5.45. The van der Waals surface area contributed by atoms with Crippen molar-refractivity contribution >= 4 is 11.5 Å². The molecule has 0 bridgehead atoms. The smallest absolute Gasteiger partial charge is 0.328 e. The molecule has 0 atom stereocenters. The summed E-state index contributed by atoms with van der Waals surface area (Å²) in [5.41, 5.74) is 8.64. The fourth-order valence-corrected chi connectivity index (χ4v) is 3.06. The highest BCUT2D eigenvalue weighted by Crippen LogP contribution is 2.46. The molecule has 100 valence electrons. The predicted molar refractivity (Wildman–Crippen MR) is 80.8 cm³/mol. The van der Waals surface area contributed by atoms with E-state index in [-0.39, 0.29) is 0 Å². The largest absolute Gasteiger partial charge is 0.478 e. The second kappa shape index (κ2) is 4.34. The van der Waals surface area contributed by atoms with Gasteiger partial charge in [0.2, 0.25) is 0 Å². The number of carbonyl (C=O) groups is 1. The van der Waals surface area contributed by atoms with E-state index in [1.165, 1.54) is 11.6 Å². The molecule has 0 heterocycles. The van der Waals surface area contributed by atoms with Crippen LogP contribution >= 0.6 is 0 Å². The Balaban J connectivity index is 2.41. The zero-order chi connectivity index (χ0) is 14.4. The molecule has 3 rings (SSSR count). The van der Waals surface area contributed by atoms with Crippen molar-refractivity contribution < 1.29 is 9.90 Å². The minimum absolute atomic E-state index is 0.823. The number of aliphatic carboxylic acids is 1. The van der Waals surface area contributed by atoms with E-state index in [4.69, 9.17) is 5.11 Å². The van der Waals surface area contributed by atoms with Gasteiger partial charge in [-0.2, -0.15) is 0 Å². The Morgan fingerprint density at radius 3 is 2.35 bits per heavy atom. The average Bonchev–Trinajstić information content (AvgIpc) is 2.63. The van der Waals surface area contributed by atoms with Crippen molar-refractivity contribution in [3.8, 4) is 11.1 Å². The molecule has 0 aliphatic heterocycles. The third kappa shape index (κ3) is 1.85. The first kappa shape index (κ1) is 12.7. The third-order valence-corrected chi connectivity index (χ3v) is 3.77. The summed E-state index contributed by atoms with van der Waals surface area (Å²) in [6, 6.07) is 10.5. The van der Waals surface area contributed by atoms with Crippen LogP contribution in [0.1, 0.15) is 27.8 Å². The summed E-state index contributed by atoms with van der Waals surface area (Å²) in [5.74, 6) is -0.903. The Kier molecular flexibility index (Phi) is 2.75. The van der Waals surface area contributed by atoms with E-state index in [2.05, 4.69) is 37.3 Å². The molecule has 0 fully saturated rings. The maximum atomic E-state index is 11.2. The van der Waals surface area contributed by atoms with E-state index in [1.54, 1.807) is 0 Å². The highest BCUT2D eigenvalue weighted by atomic mass is 16.4. The van der Waals surface area contributed by atoms with Gasteiger partial charge in [-0.05, 0) is 54.2 Å². The lowest BCUT2D eigenvalue weighted by molar-refractivity contribution is -0.131. The Labute approximate surface area is 118 Å². The lowest BCUT2D eigenvalue weighted by Gasteiger charge is -2.07. The fourth-order valence-electron chi connectivity index (χ4n) is 3.06. The van der Waals surface area contributed by atoms with Crippen molar-refractivity contribution in [2.45, 2.75) is 20.8 Å². The summed E-state index contributed by atoms with van der Waals surface area (Å²) in [6.07, 6.45) is 1.33. The van der Waals surface area contributed by atoms with Gasteiger partial charge < -0.3 is 5.11 Å². The second-order valence-electron chi connectivity index (χ2n) is 5.45. The molecule has 2 aromatic rings. The van der Waals surface area contributed by atoms with Crippen molar-refractivity contribution in [1.82, 2.24) is 0 Å². The highest BCUT2D eigenvalue weighted by molar-refractivity contribution is 6.07. The first-order valence-corrected chi connectivity index (χ1v) is 6.65. The highest BCUT2D eigenvalue weighted by Gasteiger charge is 2.25. The zero-order valence-corrected chi connectivity index (χ0v) is 11.8. The predicted octanol–water partition coefficient (Wildman–Crippen LogP) is 4.11. The Bertz CT molecular complexity index is 767. The van der Waals surface area contributed by atoms with E-state index in [1.807, 2.05) is 13.8 Å². The molecule has 0 radical (unpaired) electrons. The molecule has 0 unspecified atom stereocenters. The lowest BCUT2D eigenvalue weighted by atomic mass is 9.97. The van der Waals surface area contributed by atoms with Crippen LogP contribution in [-0.4, -0.2) is 11.1 Å². The van der Waals surface area contributed by atoms with E-state index in [9.17, 15) is 4.79 Å². The van der Waals surface area contributed by atoms with Crippen molar-refractivity contribution in [2.24, 2.45) is 0 Å². The molecule has 1 N–H and O–H groups in total. The number of hydrogen-bond donors (Lipinski definition) is 1. The van der Waals surface area contributed by atoms with Gasteiger partial charge in [-0.1, -0.05) is 41.5 Å². The van der Waals surface area contributed by atoms with Crippen LogP contribution in [0, 0.1) is 20.8 Å². The number of fused-ring (bicyclic) bond motifs is 3. The molecule has 20 heavy (non-hydrogen) atoms. The van der Waals surface area contributed by atoms with Gasteiger partial charge in [0, 0.05) is 6.08 Å². The average molecular weight is 264 g/mol. The number of hydrogen-bond acceptors (Lipinski definition) is 1. The van der Waals surface area contributed by atoms with Gasteiger partial charge in [0.05, 0.1) is 0 Å². The summed E-state index contributed by atoms with van der Waals surface area (Å²) >= 11 is 0. The van der Waals surface area contributed by atoms with Crippen LogP contribution < -0.4 is 0 Å². The number of aryl methyl sites for hydroxylation is 3. The normalized spacial score (nSPS) is 14.2. The van der Waals surface area contributed by atoms with Crippen LogP contribution in [0.5, 0.6) is 0 Å². The van der Waals surface area contributed by atoms with Crippen LogP contribution in [0.2, 0.25) is 0 Å². The molecule has 2 heteroatoms. The molecule has 2 nitrogen and oxygen atoms in total. The first-order valence-electron chi connectivity index (χ1n) is 6.65. The Morgan fingerprint density at radius 1 is 0.950 bits per heavy atom. The Morgan fingerprint density at radius 2 is 1.65 bits per heavy atom. The van der Waals surface area contributed by atoms with Gasteiger partial charge in [0.25, 0.3) is 0 Å². The fraction of sp³-hybridized carbons (Fsp3) is 0.167. The SMILES string of the molecule is Cc1ccc2c(c1)/C(=C/C(=O)O)c1c(C)cc(C)cc1-2. The lowest BCUT2D eigenvalue weighted by Crippen LogP contribution is -1.94. The van der Waals surface area contributed by atoms with Crippen LogP contribution in [0.4, 0.5) is 0 Å². The molecule has 1 aliphatic carbocycles. The molecular weight excluding hydrogens is 248 g/mol. The number of rotatable bonds is 1. The van der Waals surface area contributed by atoms with Gasteiger partial charge in [0.1, 0.15) is 0 Å². The Hall–Kier alpha value is -2.35. The van der Waals surface area contributed by atoms with Gasteiger partial charge >= 0.3 is 5.97 Å². The topological polar surface area (TPSA) is 37.3 Å². The van der Waals surface area contributed by atoms with E-state index in [0.29, 0.717) is 0 Å². The molecule has 0 saturated heterocycles. The van der Waals surface area contributed by atoms with Crippen molar-refractivity contribution in [2.75, 3.05) is 0 Å². The van der Waals surface area contributed by atoms with Gasteiger partial charge in [-0.3, -0.25) is 0 Å². The number of benzene rings is 2. The van der Waals surface area contributed by atoms with Gasteiger partial charge in [0.15, 0.2) is 0 Å². The van der Waals surface area contributed by atoms with Gasteiger partial charge in [-0.25, -0.2) is 4.79 Å². The third-order valence-electron chi connectivity index (χ3n) is 3.77. The van der Waals surface area contributed by atoms with Crippen molar-refractivity contribution in [3.63, 3.8) is 0 Å². The van der Waals surface area contributed by atoms with Crippen molar-refractivity contribution in [3.05, 3.63) is 64.2 Å². The summed E-state index contributed by atoms with van der Waals surface area (Å²) in [5, 5.41) is 9.16. The van der Waals surface area contributed by atoms with Crippen LogP contribution in [0.25, 0.3) is 16.7 Å². The molecule has 1 aliphatic rings. The molecule has 2 aromatic carbocycles. The quantitative estimate of drug-likeness (QED) is 0.672. The zero-order valence-electron chi connectivity index (χ0n) is 11.8. The maximum absolute atomic E-state index is 11.2. The van der Waals surface area contributed by atoms with E-state index in [0.717, 1.165) is 39.0 Å². The summed E-state index contributed by atoms with van der Waals surface area (Å²) in [4.78, 5) is 11.2. The van der Waals surface area contributed by atoms with E-state index >= 15 is 0 Å². The summed E-state index contributed by atoms with van der Waals surface area (Å²) in [6.45, 7) is 6.14. The maximum Gasteiger partial charge on any atom is 0.328 e. The first-order chi connectivity index (χ1) is 9.47. The monoisotopic (exact) mass is 264 g/mol. The van der Waals surface area contributed by atoms with Gasteiger partial charge in [-0.15, -0.1) is 0 Å². The van der Waals surface area contributed by atoms with Crippen LogP contribution in [-0.2, 0) is 4.79 Å².